The Morgan fingerprint density at radius 2 is 1.82 bits per heavy atom. The molecule has 1 aromatic carbocycles. The third-order valence-electron chi connectivity index (χ3n) is 2.39. The number of hydrogen-bond donors (Lipinski definition) is 0. The molecule has 2 aromatic heterocycles. The van der Waals surface area contributed by atoms with E-state index < -0.39 is 0 Å². The highest BCUT2D eigenvalue weighted by Crippen LogP contribution is 2.33. The van der Waals surface area contributed by atoms with Gasteiger partial charge in [-0.3, -0.25) is 0 Å². The molecule has 4 nitrogen and oxygen atoms in total. The molecule has 0 bridgehead atoms. The highest BCUT2D eigenvalue weighted by molar-refractivity contribution is 9.11. The molecule has 0 saturated heterocycles. The van der Waals surface area contributed by atoms with Gasteiger partial charge < -0.3 is 0 Å². The Morgan fingerprint density at radius 3 is 2.59 bits per heavy atom. The molecule has 3 aromatic rings. The molecule has 3 rings (SSSR count). The van der Waals surface area contributed by atoms with Crippen LogP contribution >= 0.6 is 31.9 Å². The summed E-state index contributed by atoms with van der Waals surface area (Å²) in [5.74, 6) is 0.559. The van der Waals surface area contributed by atoms with Gasteiger partial charge in [-0.05, 0) is 37.4 Å². The second kappa shape index (κ2) is 4.19. The fraction of sp³-hybridized carbons (Fsp3) is 0. The third-order valence-corrected chi connectivity index (χ3v) is 3.70. The number of aromatic nitrogens is 4. The minimum atomic E-state index is 0.559. The monoisotopic (exact) mass is 352 g/mol. The molecule has 84 valence electrons. The zero-order valence-electron chi connectivity index (χ0n) is 8.51. The van der Waals surface area contributed by atoms with Crippen molar-refractivity contribution in [2.75, 3.05) is 0 Å². The fourth-order valence-electron chi connectivity index (χ4n) is 1.63. The zero-order chi connectivity index (χ0) is 11.8. The van der Waals surface area contributed by atoms with Crippen molar-refractivity contribution in [2.45, 2.75) is 0 Å². The molecule has 17 heavy (non-hydrogen) atoms. The van der Waals surface area contributed by atoms with Gasteiger partial charge in [-0.2, -0.15) is 14.6 Å². The van der Waals surface area contributed by atoms with Crippen LogP contribution in [0.1, 0.15) is 0 Å². The molecular weight excluding hydrogens is 348 g/mol. The van der Waals surface area contributed by atoms with Gasteiger partial charge in [-0.25, -0.2) is 4.98 Å². The van der Waals surface area contributed by atoms with Crippen molar-refractivity contribution < 1.29 is 0 Å². The largest absolute Gasteiger partial charge is 0.254 e. The topological polar surface area (TPSA) is 43.1 Å². The molecule has 0 saturated carbocycles. The summed E-state index contributed by atoms with van der Waals surface area (Å²) >= 11 is 7.01. The van der Waals surface area contributed by atoms with Crippen LogP contribution in [0.2, 0.25) is 0 Å². The third kappa shape index (κ3) is 1.77. The lowest BCUT2D eigenvalue weighted by molar-refractivity contribution is 0.911. The quantitative estimate of drug-likeness (QED) is 0.630. The smallest absolute Gasteiger partial charge is 0.203 e. The summed E-state index contributed by atoms with van der Waals surface area (Å²) in [5, 5.41) is 4.12. The van der Waals surface area contributed by atoms with Crippen molar-refractivity contribution in [3.8, 4) is 11.1 Å². The Kier molecular flexibility index (Phi) is 2.68. The van der Waals surface area contributed by atoms with E-state index in [1.165, 1.54) is 6.33 Å². The first-order chi connectivity index (χ1) is 8.27. The maximum Gasteiger partial charge on any atom is 0.254 e. The molecule has 0 aliphatic heterocycles. The first-order valence-corrected chi connectivity index (χ1v) is 6.46. The molecule has 0 unspecified atom stereocenters. The van der Waals surface area contributed by atoms with E-state index in [4.69, 9.17) is 0 Å². The van der Waals surface area contributed by atoms with E-state index in [9.17, 15) is 0 Å². The Labute approximate surface area is 114 Å². The van der Waals surface area contributed by atoms with Crippen LogP contribution in [-0.4, -0.2) is 19.6 Å². The summed E-state index contributed by atoms with van der Waals surface area (Å²) < 4.78 is 3.24. The second-order valence-corrected chi connectivity index (χ2v) is 4.91. The summed E-state index contributed by atoms with van der Waals surface area (Å²) in [6.07, 6.45) is 1.48. The Bertz CT molecular complexity index is 679. The summed E-state index contributed by atoms with van der Waals surface area (Å²) in [4.78, 5) is 8.40. The van der Waals surface area contributed by atoms with Crippen LogP contribution in [0.25, 0.3) is 16.9 Å². The number of halogens is 2. The fourth-order valence-corrected chi connectivity index (χ4v) is 3.14. The second-order valence-electron chi connectivity index (χ2n) is 3.41. The van der Waals surface area contributed by atoms with Crippen molar-refractivity contribution in [1.29, 1.82) is 0 Å². The molecule has 0 N–H and O–H groups in total. The predicted molar refractivity (Wildman–Crippen MR) is 71.6 cm³/mol. The number of hydrogen-bond acceptors (Lipinski definition) is 3. The van der Waals surface area contributed by atoms with Gasteiger partial charge in [0, 0.05) is 5.56 Å². The average Bonchev–Trinajstić information content (AvgIpc) is 2.78. The SMILES string of the molecule is Brc1nc2ncnn2c(Br)c1-c1ccccc1. The number of nitrogens with zero attached hydrogens (tertiary/aromatic N) is 4. The maximum absolute atomic E-state index is 4.35. The molecule has 0 aliphatic carbocycles. The van der Waals surface area contributed by atoms with Crippen LogP contribution in [0.15, 0.2) is 45.9 Å². The Balaban J connectivity index is 2.36. The standard InChI is InChI=1S/C11H6Br2N4/c12-9-8(7-4-2-1-3-5-7)10(13)17-11(16-9)14-6-15-17/h1-6H. The highest BCUT2D eigenvalue weighted by Gasteiger charge is 2.14. The summed E-state index contributed by atoms with van der Waals surface area (Å²) in [5.41, 5.74) is 2.03. The minimum absolute atomic E-state index is 0.559. The highest BCUT2D eigenvalue weighted by atomic mass is 79.9. The van der Waals surface area contributed by atoms with Gasteiger partial charge in [0.2, 0.25) is 0 Å². The van der Waals surface area contributed by atoms with E-state index in [-0.39, 0.29) is 0 Å². The van der Waals surface area contributed by atoms with Crippen LogP contribution < -0.4 is 0 Å². The van der Waals surface area contributed by atoms with Crippen molar-refractivity contribution in [3.05, 3.63) is 45.9 Å². The van der Waals surface area contributed by atoms with E-state index in [0.717, 1.165) is 20.3 Å². The first kappa shape index (κ1) is 10.9. The molecule has 0 aliphatic rings. The average molecular weight is 354 g/mol. The van der Waals surface area contributed by atoms with Gasteiger partial charge in [-0.15, -0.1) is 0 Å². The number of benzene rings is 1. The van der Waals surface area contributed by atoms with Crippen molar-refractivity contribution >= 4 is 37.6 Å². The first-order valence-electron chi connectivity index (χ1n) is 4.87. The van der Waals surface area contributed by atoms with E-state index in [0.29, 0.717) is 5.78 Å². The molecule has 0 amide bonds. The Hall–Kier alpha value is -1.27. The van der Waals surface area contributed by atoms with Gasteiger partial charge in [-0.1, -0.05) is 30.3 Å². The van der Waals surface area contributed by atoms with Crippen LogP contribution in [0.5, 0.6) is 0 Å². The summed E-state index contributed by atoms with van der Waals surface area (Å²) in [6.45, 7) is 0. The molecule has 0 radical (unpaired) electrons. The Morgan fingerprint density at radius 1 is 1.06 bits per heavy atom. The van der Waals surface area contributed by atoms with Crippen LogP contribution in [0.3, 0.4) is 0 Å². The van der Waals surface area contributed by atoms with Crippen LogP contribution in [-0.2, 0) is 0 Å². The summed E-state index contributed by atoms with van der Waals surface area (Å²) in [7, 11) is 0. The van der Waals surface area contributed by atoms with Gasteiger partial charge >= 0.3 is 0 Å². The minimum Gasteiger partial charge on any atom is -0.203 e. The molecule has 6 heteroatoms. The summed E-state index contributed by atoms with van der Waals surface area (Å²) in [6, 6.07) is 10.00. The lowest BCUT2D eigenvalue weighted by atomic mass is 10.1. The lowest BCUT2D eigenvalue weighted by Crippen LogP contribution is -1.97. The van der Waals surface area contributed by atoms with E-state index in [1.54, 1.807) is 4.52 Å². The van der Waals surface area contributed by atoms with Gasteiger partial charge in [0.15, 0.2) is 0 Å². The van der Waals surface area contributed by atoms with E-state index >= 15 is 0 Å². The van der Waals surface area contributed by atoms with E-state index in [1.807, 2.05) is 30.3 Å². The van der Waals surface area contributed by atoms with Crippen molar-refractivity contribution in [3.63, 3.8) is 0 Å². The van der Waals surface area contributed by atoms with Gasteiger partial charge in [0.25, 0.3) is 5.78 Å². The molecule has 0 spiro atoms. The van der Waals surface area contributed by atoms with Gasteiger partial charge in [0.1, 0.15) is 15.5 Å². The number of rotatable bonds is 1. The predicted octanol–water partition coefficient (Wildman–Crippen LogP) is 3.32. The maximum atomic E-state index is 4.35. The van der Waals surface area contributed by atoms with Crippen LogP contribution in [0, 0.1) is 0 Å². The zero-order valence-corrected chi connectivity index (χ0v) is 11.7. The van der Waals surface area contributed by atoms with E-state index in [2.05, 4.69) is 46.9 Å². The molecular formula is C11H6Br2N4. The van der Waals surface area contributed by atoms with Crippen molar-refractivity contribution in [1.82, 2.24) is 19.6 Å². The normalized spacial score (nSPS) is 10.9. The van der Waals surface area contributed by atoms with Crippen LogP contribution in [0.4, 0.5) is 0 Å². The van der Waals surface area contributed by atoms with Gasteiger partial charge in [0.05, 0.1) is 0 Å². The molecule has 0 atom stereocenters. The lowest BCUT2D eigenvalue weighted by Gasteiger charge is -2.07. The molecule has 2 heterocycles. The molecule has 0 fully saturated rings. The van der Waals surface area contributed by atoms with Crippen molar-refractivity contribution in [2.24, 2.45) is 0 Å². The number of fused-ring (bicyclic) bond motifs is 1.